The van der Waals surface area contributed by atoms with Crippen molar-refractivity contribution < 1.29 is 14.7 Å². The van der Waals surface area contributed by atoms with Gasteiger partial charge in [0, 0.05) is 12.1 Å². The van der Waals surface area contributed by atoms with Crippen LogP contribution in [-0.2, 0) is 16.0 Å². The Hall–Kier alpha value is -1.92. The monoisotopic (exact) mass is 349 g/mol. The molecule has 0 aromatic heterocycles. The van der Waals surface area contributed by atoms with Crippen LogP contribution in [-0.4, -0.2) is 41.2 Å². The number of carbonyl (C=O) groups excluding carboxylic acids is 2. The van der Waals surface area contributed by atoms with Gasteiger partial charge in [0.2, 0.25) is 5.91 Å². The second-order valence-corrected chi connectivity index (χ2v) is 7.15. The normalized spacial score (nSPS) is 14.9. The Labute approximate surface area is 150 Å². The molecule has 3 atom stereocenters. The molecule has 140 valence electrons. The SMILES string of the molecule is CC(C)CC(NC(=O)[C@@H](O)[C@H](N)Cc1ccccc1)C(=O)NC(C)C. The van der Waals surface area contributed by atoms with Crippen LogP contribution in [0.4, 0.5) is 0 Å². The van der Waals surface area contributed by atoms with Gasteiger partial charge in [-0.1, -0.05) is 44.2 Å². The number of rotatable bonds is 9. The topological polar surface area (TPSA) is 104 Å². The maximum atomic E-state index is 12.3. The highest BCUT2D eigenvalue weighted by Crippen LogP contribution is 2.08. The van der Waals surface area contributed by atoms with Crippen LogP contribution in [0.25, 0.3) is 0 Å². The van der Waals surface area contributed by atoms with E-state index in [1.807, 2.05) is 58.0 Å². The highest BCUT2D eigenvalue weighted by atomic mass is 16.3. The van der Waals surface area contributed by atoms with E-state index in [9.17, 15) is 14.7 Å². The molecular formula is C19H31N3O3. The molecule has 25 heavy (non-hydrogen) atoms. The maximum absolute atomic E-state index is 12.3. The zero-order chi connectivity index (χ0) is 19.0. The van der Waals surface area contributed by atoms with Crippen molar-refractivity contribution in [2.45, 2.75) is 64.8 Å². The third kappa shape index (κ3) is 7.67. The molecule has 0 aliphatic heterocycles. The minimum absolute atomic E-state index is 0.0238. The second-order valence-electron chi connectivity index (χ2n) is 7.15. The van der Waals surface area contributed by atoms with Crippen LogP contribution >= 0.6 is 0 Å². The highest BCUT2D eigenvalue weighted by molar-refractivity contribution is 5.89. The Bertz CT molecular complexity index is 546. The third-order valence-electron chi connectivity index (χ3n) is 3.76. The summed E-state index contributed by atoms with van der Waals surface area (Å²) in [5, 5.41) is 15.7. The standard InChI is InChI=1S/C19H31N3O3/c1-12(2)10-16(18(24)21-13(3)4)22-19(25)17(23)15(20)11-14-8-6-5-7-9-14/h5-9,12-13,15-17,23H,10-11,20H2,1-4H3,(H,21,24)(H,22,25)/t15-,16?,17+/m1/s1. The molecule has 0 radical (unpaired) electrons. The zero-order valence-electron chi connectivity index (χ0n) is 15.5. The lowest BCUT2D eigenvalue weighted by molar-refractivity contribution is -0.135. The van der Waals surface area contributed by atoms with Gasteiger partial charge in [0.15, 0.2) is 0 Å². The van der Waals surface area contributed by atoms with Crippen molar-refractivity contribution in [2.24, 2.45) is 11.7 Å². The molecule has 1 aromatic carbocycles. The third-order valence-corrected chi connectivity index (χ3v) is 3.76. The van der Waals surface area contributed by atoms with Crippen LogP contribution in [0, 0.1) is 5.92 Å². The van der Waals surface area contributed by atoms with Crippen LogP contribution < -0.4 is 16.4 Å². The summed E-state index contributed by atoms with van der Waals surface area (Å²) in [6.07, 6.45) is -0.505. The summed E-state index contributed by atoms with van der Waals surface area (Å²) in [4.78, 5) is 24.6. The number of benzene rings is 1. The van der Waals surface area contributed by atoms with Gasteiger partial charge in [0.05, 0.1) is 0 Å². The van der Waals surface area contributed by atoms with Crippen molar-refractivity contribution in [1.82, 2.24) is 10.6 Å². The Morgan fingerprint density at radius 1 is 1.04 bits per heavy atom. The molecule has 0 saturated heterocycles. The van der Waals surface area contributed by atoms with E-state index in [4.69, 9.17) is 5.73 Å². The van der Waals surface area contributed by atoms with E-state index in [1.165, 1.54) is 0 Å². The van der Waals surface area contributed by atoms with E-state index in [0.29, 0.717) is 12.8 Å². The van der Waals surface area contributed by atoms with E-state index in [2.05, 4.69) is 10.6 Å². The van der Waals surface area contributed by atoms with Crippen LogP contribution in [0.3, 0.4) is 0 Å². The molecule has 6 nitrogen and oxygen atoms in total. The van der Waals surface area contributed by atoms with Gasteiger partial charge < -0.3 is 21.5 Å². The number of hydrogen-bond acceptors (Lipinski definition) is 4. The molecule has 0 bridgehead atoms. The quantitative estimate of drug-likeness (QED) is 0.533. The van der Waals surface area contributed by atoms with Gasteiger partial charge >= 0.3 is 0 Å². The lowest BCUT2D eigenvalue weighted by Crippen LogP contribution is -2.55. The average Bonchev–Trinajstić information content (AvgIpc) is 2.53. The molecule has 0 fully saturated rings. The Morgan fingerprint density at radius 3 is 2.16 bits per heavy atom. The van der Waals surface area contributed by atoms with Crippen molar-refractivity contribution in [2.75, 3.05) is 0 Å². The predicted molar refractivity (Wildman–Crippen MR) is 98.8 cm³/mol. The summed E-state index contributed by atoms with van der Waals surface area (Å²) < 4.78 is 0. The Kier molecular flexibility index (Phi) is 8.58. The van der Waals surface area contributed by atoms with E-state index < -0.39 is 24.1 Å². The van der Waals surface area contributed by atoms with Gasteiger partial charge in [-0.15, -0.1) is 0 Å². The van der Waals surface area contributed by atoms with Gasteiger partial charge in [-0.2, -0.15) is 0 Å². The van der Waals surface area contributed by atoms with Gasteiger partial charge in [0.1, 0.15) is 12.1 Å². The number of nitrogens with one attached hydrogen (secondary N) is 2. The Balaban J connectivity index is 2.68. The molecular weight excluding hydrogens is 318 g/mol. The van der Waals surface area contributed by atoms with Crippen molar-refractivity contribution in [3.05, 3.63) is 35.9 Å². The van der Waals surface area contributed by atoms with Crippen molar-refractivity contribution in [3.8, 4) is 0 Å². The molecule has 0 aliphatic carbocycles. The molecule has 5 N–H and O–H groups in total. The molecule has 6 heteroatoms. The lowest BCUT2D eigenvalue weighted by atomic mass is 9.99. The van der Waals surface area contributed by atoms with Gasteiger partial charge in [-0.05, 0) is 38.2 Å². The molecule has 1 unspecified atom stereocenters. The van der Waals surface area contributed by atoms with Crippen LogP contribution in [0.1, 0.15) is 39.7 Å². The Morgan fingerprint density at radius 2 is 1.64 bits per heavy atom. The fourth-order valence-electron chi connectivity index (χ4n) is 2.54. The summed E-state index contributed by atoms with van der Waals surface area (Å²) in [6, 6.07) is 7.98. The van der Waals surface area contributed by atoms with Gasteiger partial charge in [-0.3, -0.25) is 9.59 Å². The predicted octanol–water partition coefficient (Wildman–Crippen LogP) is 0.973. The minimum atomic E-state index is -1.37. The molecule has 1 aromatic rings. The lowest BCUT2D eigenvalue weighted by Gasteiger charge is -2.24. The van der Waals surface area contributed by atoms with Crippen molar-refractivity contribution in [3.63, 3.8) is 0 Å². The molecule has 0 spiro atoms. The molecule has 0 saturated carbocycles. The van der Waals surface area contributed by atoms with E-state index >= 15 is 0 Å². The number of aliphatic hydroxyl groups is 1. The number of hydrogen-bond donors (Lipinski definition) is 4. The first-order chi connectivity index (χ1) is 11.7. The van der Waals surface area contributed by atoms with E-state index in [1.54, 1.807) is 0 Å². The smallest absolute Gasteiger partial charge is 0.251 e. The average molecular weight is 349 g/mol. The maximum Gasteiger partial charge on any atom is 0.251 e. The zero-order valence-corrected chi connectivity index (χ0v) is 15.5. The first-order valence-corrected chi connectivity index (χ1v) is 8.79. The highest BCUT2D eigenvalue weighted by Gasteiger charge is 2.28. The summed E-state index contributed by atoms with van der Waals surface area (Å²) in [5.74, 6) is -0.646. The van der Waals surface area contributed by atoms with Crippen molar-refractivity contribution in [1.29, 1.82) is 0 Å². The molecule has 0 aliphatic rings. The van der Waals surface area contributed by atoms with Crippen LogP contribution in [0.2, 0.25) is 0 Å². The molecule has 2 amide bonds. The van der Waals surface area contributed by atoms with Crippen LogP contribution in [0.5, 0.6) is 0 Å². The summed E-state index contributed by atoms with van der Waals surface area (Å²) in [7, 11) is 0. The number of aliphatic hydroxyl groups excluding tert-OH is 1. The minimum Gasteiger partial charge on any atom is -0.382 e. The second kappa shape index (κ2) is 10.2. The van der Waals surface area contributed by atoms with Crippen LogP contribution in [0.15, 0.2) is 30.3 Å². The van der Waals surface area contributed by atoms with Gasteiger partial charge in [-0.25, -0.2) is 0 Å². The largest absolute Gasteiger partial charge is 0.382 e. The number of nitrogens with two attached hydrogens (primary N) is 1. The molecule has 0 heterocycles. The summed E-state index contributed by atoms with van der Waals surface area (Å²) >= 11 is 0. The first-order valence-electron chi connectivity index (χ1n) is 8.79. The molecule has 1 rings (SSSR count). The summed E-state index contributed by atoms with van der Waals surface area (Å²) in [5.41, 5.74) is 6.92. The summed E-state index contributed by atoms with van der Waals surface area (Å²) in [6.45, 7) is 7.66. The van der Waals surface area contributed by atoms with E-state index in [-0.39, 0.29) is 17.9 Å². The first kappa shape index (κ1) is 21.1. The fraction of sp³-hybridized carbons (Fsp3) is 0.579. The van der Waals surface area contributed by atoms with Crippen molar-refractivity contribution >= 4 is 11.8 Å². The number of carbonyl (C=O) groups is 2. The fourth-order valence-corrected chi connectivity index (χ4v) is 2.54. The van der Waals surface area contributed by atoms with E-state index in [0.717, 1.165) is 5.56 Å². The van der Waals surface area contributed by atoms with Gasteiger partial charge in [0.25, 0.3) is 5.91 Å². The number of amides is 2.